The van der Waals surface area contributed by atoms with E-state index in [1.165, 1.54) is 0 Å². The number of carboxylic acid groups (broad SMARTS) is 2. The Hall–Kier alpha value is -4.32. The second-order valence-electron chi connectivity index (χ2n) is 8.08. The van der Waals surface area contributed by atoms with Crippen LogP contribution in [0, 0.1) is 0 Å². The maximum atomic E-state index is 10.9. The number of carboxylic acids is 2. The lowest BCUT2D eigenvalue weighted by Crippen LogP contribution is -2.07. The molecule has 0 aliphatic rings. The minimum atomic E-state index is -0.841. The van der Waals surface area contributed by atoms with Crippen LogP contribution in [0.1, 0.15) is 36.8 Å². The summed E-state index contributed by atoms with van der Waals surface area (Å²) in [7, 11) is 1.63. The van der Waals surface area contributed by atoms with Crippen molar-refractivity contribution in [2.24, 2.45) is 0 Å². The summed E-state index contributed by atoms with van der Waals surface area (Å²) in [4.78, 5) is 21.8. The fourth-order valence-corrected chi connectivity index (χ4v) is 3.40. The molecule has 0 aliphatic carbocycles. The summed E-state index contributed by atoms with van der Waals surface area (Å²) in [5, 5.41) is 20.0. The number of methoxy groups -OCH3 is 1. The van der Waals surface area contributed by atoms with E-state index in [9.17, 15) is 9.59 Å². The standard InChI is InChI=1S/C15H14O3.C14H14O3/c1-11(15(16)17)12-6-5-9-14(10-12)18-13-7-3-2-4-8-13;1-9(14(15)16)10-3-4-12-8-13(17-2)6-5-11(12)7-10/h2-11H,1H3,(H,16,17);3-9H,1-2H3,(H,15,16)/t;9-/m.0/s1. The predicted molar refractivity (Wildman–Crippen MR) is 136 cm³/mol. The molecular weight excluding hydrogens is 444 g/mol. The third-order valence-electron chi connectivity index (χ3n) is 5.65. The summed E-state index contributed by atoms with van der Waals surface area (Å²) in [6, 6.07) is 28.0. The van der Waals surface area contributed by atoms with Crippen LogP contribution in [0.3, 0.4) is 0 Å². The van der Waals surface area contributed by atoms with Gasteiger partial charge in [0.2, 0.25) is 0 Å². The van der Waals surface area contributed by atoms with Crippen molar-refractivity contribution in [2.75, 3.05) is 7.11 Å². The Bertz CT molecular complexity index is 1300. The first-order valence-electron chi connectivity index (χ1n) is 11.1. The van der Waals surface area contributed by atoms with Crippen molar-refractivity contribution in [3.05, 3.63) is 102 Å². The molecule has 180 valence electrons. The molecule has 1 unspecified atom stereocenters. The summed E-state index contributed by atoms with van der Waals surface area (Å²) in [6.07, 6.45) is 0. The highest BCUT2D eigenvalue weighted by Gasteiger charge is 2.14. The van der Waals surface area contributed by atoms with Gasteiger partial charge >= 0.3 is 11.9 Å². The van der Waals surface area contributed by atoms with Crippen LogP contribution >= 0.6 is 0 Å². The number of fused-ring (bicyclic) bond motifs is 1. The van der Waals surface area contributed by atoms with E-state index in [1.807, 2.05) is 72.8 Å². The SMILES string of the molecule is CC(C(=O)O)c1cccc(Oc2ccccc2)c1.COc1ccc2cc([C@H](C)C(=O)O)ccc2c1. The van der Waals surface area contributed by atoms with Crippen molar-refractivity contribution in [3.8, 4) is 17.2 Å². The van der Waals surface area contributed by atoms with E-state index in [0.717, 1.165) is 33.4 Å². The zero-order valence-corrected chi connectivity index (χ0v) is 19.8. The third-order valence-corrected chi connectivity index (χ3v) is 5.65. The summed E-state index contributed by atoms with van der Waals surface area (Å²) < 4.78 is 10.8. The van der Waals surface area contributed by atoms with Gasteiger partial charge in [-0.25, -0.2) is 0 Å². The molecule has 0 fully saturated rings. The average molecular weight is 473 g/mol. The second kappa shape index (κ2) is 11.7. The minimum Gasteiger partial charge on any atom is -0.497 e. The van der Waals surface area contributed by atoms with Crippen LogP contribution in [-0.2, 0) is 9.59 Å². The van der Waals surface area contributed by atoms with Crippen LogP contribution in [0.15, 0.2) is 91.0 Å². The number of hydrogen-bond acceptors (Lipinski definition) is 4. The van der Waals surface area contributed by atoms with Crippen molar-refractivity contribution in [2.45, 2.75) is 25.7 Å². The largest absolute Gasteiger partial charge is 0.497 e. The molecule has 0 radical (unpaired) electrons. The van der Waals surface area contributed by atoms with Gasteiger partial charge in [-0.3, -0.25) is 9.59 Å². The highest BCUT2D eigenvalue weighted by atomic mass is 16.5. The lowest BCUT2D eigenvalue weighted by molar-refractivity contribution is -0.139. The molecule has 35 heavy (non-hydrogen) atoms. The molecule has 0 bridgehead atoms. The zero-order valence-electron chi connectivity index (χ0n) is 19.8. The second-order valence-corrected chi connectivity index (χ2v) is 8.08. The first-order valence-corrected chi connectivity index (χ1v) is 11.1. The Morgan fingerprint density at radius 1 is 0.629 bits per heavy atom. The highest BCUT2D eigenvalue weighted by Crippen LogP contribution is 2.26. The Morgan fingerprint density at radius 2 is 1.20 bits per heavy atom. The van der Waals surface area contributed by atoms with Crippen LogP contribution in [0.5, 0.6) is 17.2 Å². The molecule has 4 aromatic rings. The van der Waals surface area contributed by atoms with Gasteiger partial charge in [0.15, 0.2) is 0 Å². The molecule has 2 atom stereocenters. The first-order chi connectivity index (χ1) is 16.8. The summed E-state index contributed by atoms with van der Waals surface area (Å²) in [6.45, 7) is 3.34. The number of hydrogen-bond donors (Lipinski definition) is 2. The first kappa shape index (κ1) is 25.3. The predicted octanol–water partition coefficient (Wildman–Crippen LogP) is 6.70. The van der Waals surface area contributed by atoms with Crippen LogP contribution < -0.4 is 9.47 Å². The van der Waals surface area contributed by atoms with Gasteiger partial charge in [0.25, 0.3) is 0 Å². The molecule has 4 rings (SSSR count). The molecule has 0 spiro atoms. The number of aliphatic carboxylic acids is 2. The highest BCUT2D eigenvalue weighted by molar-refractivity contribution is 5.86. The molecule has 0 saturated heterocycles. The maximum Gasteiger partial charge on any atom is 0.310 e. The Morgan fingerprint density at radius 3 is 1.83 bits per heavy atom. The summed E-state index contributed by atoms with van der Waals surface area (Å²) in [5.41, 5.74) is 1.55. The number of para-hydroxylation sites is 1. The van der Waals surface area contributed by atoms with Gasteiger partial charge in [0, 0.05) is 0 Å². The van der Waals surface area contributed by atoms with Gasteiger partial charge in [-0.05, 0) is 72.1 Å². The van der Waals surface area contributed by atoms with Gasteiger partial charge in [0.05, 0.1) is 18.9 Å². The van der Waals surface area contributed by atoms with E-state index in [4.69, 9.17) is 19.7 Å². The van der Waals surface area contributed by atoms with Gasteiger partial charge in [-0.2, -0.15) is 0 Å². The molecule has 6 nitrogen and oxygen atoms in total. The molecule has 0 heterocycles. The van der Waals surface area contributed by atoms with E-state index in [2.05, 4.69) is 0 Å². The van der Waals surface area contributed by atoms with Crippen molar-refractivity contribution in [3.63, 3.8) is 0 Å². The Labute approximate surface area is 204 Å². The van der Waals surface area contributed by atoms with Gasteiger partial charge in [0.1, 0.15) is 17.2 Å². The summed E-state index contributed by atoms with van der Waals surface area (Å²) >= 11 is 0. The minimum absolute atomic E-state index is 0.485. The molecule has 0 amide bonds. The monoisotopic (exact) mass is 472 g/mol. The third kappa shape index (κ3) is 6.84. The van der Waals surface area contributed by atoms with E-state index in [-0.39, 0.29) is 0 Å². The Balaban J connectivity index is 0.000000196. The van der Waals surface area contributed by atoms with E-state index in [1.54, 1.807) is 39.2 Å². The molecular formula is C29H28O6. The van der Waals surface area contributed by atoms with Crippen LogP contribution in [-0.4, -0.2) is 29.3 Å². The fraction of sp³-hybridized carbons (Fsp3) is 0.172. The fourth-order valence-electron chi connectivity index (χ4n) is 3.40. The van der Waals surface area contributed by atoms with E-state index >= 15 is 0 Å². The van der Waals surface area contributed by atoms with Gasteiger partial charge in [-0.15, -0.1) is 0 Å². The zero-order chi connectivity index (χ0) is 25.4. The topological polar surface area (TPSA) is 93.1 Å². The smallest absolute Gasteiger partial charge is 0.310 e. The molecule has 0 aromatic heterocycles. The van der Waals surface area contributed by atoms with Crippen molar-refractivity contribution in [1.29, 1.82) is 0 Å². The van der Waals surface area contributed by atoms with Crippen LogP contribution in [0.4, 0.5) is 0 Å². The number of ether oxygens (including phenoxy) is 2. The maximum absolute atomic E-state index is 10.9. The molecule has 0 aliphatic heterocycles. The molecule has 4 aromatic carbocycles. The van der Waals surface area contributed by atoms with Crippen LogP contribution in [0.2, 0.25) is 0 Å². The van der Waals surface area contributed by atoms with Crippen molar-refractivity contribution in [1.82, 2.24) is 0 Å². The normalized spacial score (nSPS) is 12.1. The molecule has 0 saturated carbocycles. The lowest BCUT2D eigenvalue weighted by atomic mass is 9.98. The van der Waals surface area contributed by atoms with Crippen molar-refractivity contribution < 1.29 is 29.3 Å². The van der Waals surface area contributed by atoms with E-state index < -0.39 is 23.8 Å². The van der Waals surface area contributed by atoms with Gasteiger partial charge in [-0.1, -0.05) is 54.6 Å². The van der Waals surface area contributed by atoms with Crippen LogP contribution in [0.25, 0.3) is 10.8 Å². The molecule has 6 heteroatoms. The Kier molecular flexibility index (Phi) is 8.46. The molecule has 2 N–H and O–H groups in total. The van der Waals surface area contributed by atoms with E-state index in [0.29, 0.717) is 5.75 Å². The lowest BCUT2D eigenvalue weighted by Gasteiger charge is -2.10. The van der Waals surface area contributed by atoms with Crippen molar-refractivity contribution >= 4 is 22.7 Å². The number of carbonyl (C=O) groups is 2. The quantitative estimate of drug-likeness (QED) is 0.311. The summed E-state index contributed by atoms with van der Waals surface area (Å²) in [5.74, 6) is -0.489. The number of benzene rings is 4. The van der Waals surface area contributed by atoms with Gasteiger partial charge < -0.3 is 19.7 Å². The number of rotatable bonds is 7. The average Bonchev–Trinajstić information content (AvgIpc) is 2.88.